The van der Waals surface area contributed by atoms with Crippen LogP contribution in [-0.2, 0) is 28.7 Å². The Morgan fingerprint density at radius 3 is 1.74 bits per heavy atom. The van der Waals surface area contributed by atoms with Crippen LogP contribution in [0.1, 0.15) is 13.8 Å². The summed E-state index contributed by atoms with van der Waals surface area (Å²) >= 11 is 4.40. The fraction of sp³-hybridized carbons (Fsp3) is 0.789. The predicted octanol–water partition coefficient (Wildman–Crippen LogP) is -2.85. The molecular weight excluding hydrogens is 480 g/mol. The molecule has 34 heavy (non-hydrogen) atoms. The first-order chi connectivity index (χ1) is 15.7. The molecular formula is C19H32N2O12S. The van der Waals surface area contributed by atoms with Crippen LogP contribution in [0.4, 0.5) is 0 Å². The second kappa shape index (κ2) is 13.2. The predicted molar refractivity (Wildman–Crippen MR) is 116 cm³/mol. The van der Waals surface area contributed by atoms with Gasteiger partial charge in [0.1, 0.15) is 18.3 Å². The number of esters is 1. The highest BCUT2D eigenvalue weighted by molar-refractivity contribution is 7.81. The molecule has 1 fully saturated rings. The normalized spacial score (nSPS) is 27.2. The van der Waals surface area contributed by atoms with Gasteiger partial charge in [0.05, 0.1) is 32.8 Å². The van der Waals surface area contributed by atoms with Gasteiger partial charge in [-0.05, 0) is 5.92 Å². The van der Waals surface area contributed by atoms with E-state index in [1.807, 2.05) is 0 Å². The van der Waals surface area contributed by atoms with Gasteiger partial charge in [0.2, 0.25) is 0 Å². The summed E-state index contributed by atoms with van der Waals surface area (Å²) in [5.74, 6) is -5.32. The molecule has 1 aliphatic heterocycles. The molecule has 0 aromatic carbocycles. The van der Waals surface area contributed by atoms with Crippen LogP contribution in [-0.4, -0.2) is 140 Å². The molecule has 0 unspecified atom stereocenters. The topological polar surface area (TPSA) is 215 Å². The van der Waals surface area contributed by atoms with Crippen LogP contribution in [0.25, 0.3) is 0 Å². The van der Waals surface area contributed by atoms with Gasteiger partial charge >= 0.3 is 23.9 Å². The van der Waals surface area contributed by atoms with Crippen LogP contribution in [0.2, 0.25) is 0 Å². The number of hydrogen-bond donors (Lipinski definition) is 7. The van der Waals surface area contributed by atoms with Gasteiger partial charge in [-0.25, -0.2) is 0 Å². The smallest absolute Gasteiger partial charge is 0.320 e. The first kappa shape index (κ1) is 30.0. The van der Waals surface area contributed by atoms with E-state index in [-0.39, 0.29) is 13.1 Å². The van der Waals surface area contributed by atoms with Crippen molar-refractivity contribution in [2.45, 2.75) is 43.2 Å². The lowest BCUT2D eigenvalue weighted by molar-refractivity contribution is -0.259. The largest absolute Gasteiger partial charge is 0.480 e. The summed E-state index contributed by atoms with van der Waals surface area (Å²) in [4.78, 5) is 46.3. The van der Waals surface area contributed by atoms with Gasteiger partial charge in [-0.15, -0.1) is 12.6 Å². The molecule has 1 saturated heterocycles. The van der Waals surface area contributed by atoms with Crippen molar-refractivity contribution in [3.63, 3.8) is 0 Å². The third-order valence-electron chi connectivity index (χ3n) is 5.22. The molecule has 0 spiro atoms. The van der Waals surface area contributed by atoms with Gasteiger partial charge in [-0.1, -0.05) is 13.8 Å². The van der Waals surface area contributed by atoms with Gasteiger partial charge in [0, 0.05) is 13.1 Å². The molecule has 0 radical (unpaired) electrons. The van der Waals surface area contributed by atoms with E-state index in [1.165, 1.54) is 0 Å². The molecule has 1 aliphatic rings. The molecule has 14 nitrogen and oxygen atoms in total. The van der Waals surface area contributed by atoms with Crippen LogP contribution in [0.5, 0.6) is 0 Å². The Morgan fingerprint density at radius 2 is 1.35 bits per heavy atom. The summed E-state index contributed by atoms with van der Waals surface area (Å²) in [5, 5.41) is 57.0. The molecule has 6 N–H and O–H groups in total. The number of carbonyl (C=O) groups excluding carboxylic acids is 1. The third-order valence-corrected chi connectivity index (χ3v) is 6.09. The fourth-order valence-electron chi connectivity index (χ4n) is 3.43. The molecule has 0 aromatic heterocycles. The lowest BCUT2D eigenvalue weighted by Crippen LogP contribution is -2.66. The van der Waals surface area contributed by atoms with Crippen LogP contribution < -0.4 is 0 Å². The zero-order chi connectivity index (χ0) is 26.2. The number of thiol groups is 1. The minimum absolute atomic E-state index is 0.173. The lowest BCUT2D eigenvalue weighted by atomic mass is 9.88. The Bertz CT molecular complexity index is 722. The van der Waals surface area contributed by atoms with E-state index in [2.05, 4.69) is 12.6 Å². The zero-order valence-corrected chi connectivity index (χ0v) is 19.7. The first-order valence-corrected chi connectivity index (χ1v) is 10.8. The molecule has 0 amide bonds. The molecule has 5 atom stereocenters. The van der Waals surface area contributed by atoms with Crippen molar-refractivity contribution in [3.8, 4) is 0 Å². The molecule has 15 heteroatoms. The second-order valence-electron chi connectivity index (χ2n) is 8.24. The Labute approximate surface area is 201 Å². The van der Waals surface area contributed by atoms with Crippen molar-refractivity contribution in [2.24, 2.45) is 5.92 Å². The number of aliphatic carboxylic acids is 3. The molecule has 0 aliphatic carbocycles. The maximum atomic E-state index is 12.6. The lowest BCUT2D eigenvalue weighted by Gasteiger charge is -2.49. The quantitative estimate of drug-likeness (QED) is 0.0922. The summed E-state index contributed by atoms with van der Waals surface area (Å²) in [7, 11) is 0. The average Bonchev–Trinajstić information content (AvgIpc) is 2.70. The SMILES string of the molecule is CC(C)[C@@]1(S)O[C@H](CO)[C@H](O)[C@H](O)[C@H]1OC(=O)CN(CCN(CC(=O)O)CC(=O)O)CC(=O)O. The number of rotatable bonds is 14. The monoisotopic (exact) mass is 512 g/mol. The Morgan fingerprint density at radius 1 is 0.912 bits per heavy atom. The molecule has 196 valence electrons. The molecule has 0 saturated carbocycles. The number of carboxylic acid groups (broad SMARTS) is 3. The first-order valence-electron chi connectivity index (χ1n) is 10.4. The number of hydrogen-bond acceptors (Lipinski definition) is 12. The van der Waals surface area contributed by atoms with Crippen LogP contribution in [0.3, 0.4) is 0 Å². The van der Waals surface area contributed by atoms with Crippen molar-refractivity contribution in [2.75, 3.05) is 45.9 Å². The molecule has 1 heterocycles. The van der Waals surface area contributed by atoms with Gasteiger partial charge < -0.3 is 40.1 Å². The summed E-state index contributed by atoms with van der Waals surface area (Å²) in [6, 6.07) is 0. The number of carbonyl (C=O) groups is 4. The summed E-state index contributed by atoms with van der Waals surface area (Å²) in [5.41, 5.74) is 0. The fourth-order valence-corrected chi connectivity index (χ4v) is 3.77. The highest BCUT2D eigenvalue weighted by Gasteiger charge is 2.55. The maximum Gasteiger partial charge on any atom is 0.320 e. The Hall–Kier alpha value is -2.01. The van der Waals surface area contributed by atoms with Gasteiger partial charge in [-0.3, -0.25) is 29.0 Å². The number of aliphatic hydroxyl groups excluding tert-OH is 3. The zero-order valence-electron chi connectivity index (χ0n) is 18.8. The standard InChI is InChI=1S/C19H32N2O12S/c1-10(2)19(34)18(17(31)16(30)11(9-22)33-19)32-15(29)8-21(7-14(27)28)4-3-20(5-12(23)24)6-13(25)26/h10-11,16-18,22,30-31,34H,3-9H2,1-2H3,(H,23,24)(H,25,26)(H,27,28)/t11-,16+,17+,18-,19+/m1/s1. The van der Waals surface area contributed by atoms with E-state index in [0.29, 0.717) is 0 Å². The number of nitrogens with zero attached hydrogens (tertiary/aromatic N) is 2. The van der Waals surface area contributed by atoms with E-state index < -0.39 is 91.9 Å². The Kier molecular flexibility index (Phi) is 11.6. The van der Waals surface area contributed by atoms with Crippen molar-refractivity contribution >= 4 is 36.5 Å². The highest BCUT2D eigenvalue weighted by atomic mass is 32.1. The van der Waals surface area contributed by atoms with E-state index in [4.69, 9.17) is 24.8 Å². The van der Waals surface area contributed by atoms with Crippen LogP contribution >= 0.6 is 12.6 Å². The number of carboxylic acids is 3. The summed E-state index contributed by atoms with van der Waals surface area (Å²) in [6.45, 7) is -0.128. The minimum atomic E-state index is -1.66. The summed E-state index contributed by atoms with van der Waals surface area (Å²) < 4.78 is 10.9. The van der Waals surface area contributed by atoms with Crippen molar-refractivity contribution < 1.29 is 59.3 Å². The van der Waals surface area contributed by atoms with Crippen molar-refractivity contribution in [1.29, 1.82) is 0 Å². The van der Waals surface area contributed by atoms with E-state index in [0.717, 1.165) is 9.80 Å². The van der Waals surface area contributed by atoms with Gasteiger partial charge in [0.25, 0.3) is 0 Å². The number of aliphatic hydroxyl groups is 3. The van der Waals surface area contributed by atoms with Crippen molar-refractivity contribution in [1.82, 2.24) is 9.80 Å². The van der Waals surface area contributed by atoms with E-state index >= 15 is 0 Å². The van der Waals surface area contributed by atoms with Crippen LogP contribution in [0.15, 0.2) is 0 Å². The van der Waals surface area contributed by atoms with Gasteiger partial charge in [0.15, 0.2) is 11.0 Å². The van der Waals surface area contributed by atoms with Crippen LogP contribution in [0, 0.1) is 5.92 Å². The Balaban J connectivity index is 2.94. The summed E-state index contributed by atoms with van der Waals surface area (Å²) in [6.07, 6.45) is -5.90. The van der Waals surface area contributed by atoms with Gasteiger partial charge in [-0.2, -0.15) is 0 Å². The van der Waals surface area contributed by atoms with E-state index in [1.54, 1.807) is 13.8 Å². The second-order valence-corrected chi connectivity index (χ2v) is 8.94. The average molecular weight is 513 g/mol. The molecule has 0 bridgehead atoms. The van der Waals surface area contributed by atoms with E-state index in [9.17, 15) is 34.5 Å². The number of ether oxygens (including phenoxy) is 2. The molecule has 0 aromatic rings. The van der Waals surface area contributed by atoms with Crippen molar-refractivity contribution in [3.05, 3.63) is 0 Å². The third kappa shape index (κ3) is 8.65. The molecule has 1 rings (SSSR count). The maximum absolute atomic E-state index is 12.6. The minimum Gasteiger partial charge on any atom is -0.480 e. The highest BCUT2D eigenvalue weighted by Crippen LogP contribution is 2.40.